The van der Waals surface area contributed by atoms with Gasteiger partial charge in [0.1, 0.15) is 11.8 Å². The average Bonchev–Trinajstić information content (AvgIpc) is 2.74. The molecule has 0 unspecified atom stereocenters. The summed E-state index contributed by atoms with van der Waals surface area (Å²) < 4.78 is 5.28. The molecule has 5 nitrogen and oxygen atoms in total. The topological polar surface area (TPSA) is 65.6 Å². The van der Waals surface area contributed by atoms with E-state index in [9.17, 15) is 9.90 Å². The van der Waals surface area contributed by atoms with Gasteiger partial charge < -0.3 is 14.8 Å². The van der Waals surface area contributed by atoms with Crippen LogP contribution in [0.25, 0.3) is 10.9 Å². The molecule has 1 aromatic heterocycles. The molecular weight excluding hydrogens is 280 g/mol. The molecule has 118 valence electrons. The van der Waals surface area contributed by atoms with Gasteiger partial charge in [-0.15, -0.1) is 0 Å². The minimum absolute atomic E-state index is 0.598. The molecule has 2 N–H and O–H groups in total. The summed E-state index contributed by atoms with van der Waals surface area (Å²) in [6.45, 7) is 1.68. The number of nitrogens with one attached hydrogen (secondary N) is 1. The van der Waals surface area contributed by atoms with Crippen molar-refractivity contribution in [2.24, 2.45) is 0 Å². The van der Waals surface area contributed by atoms with Gasteiger partial charge >= 0.3 is 5.97 Å². The van der Waals surface area contributed by atoms with Crippen molar-refractivity contribution >= 4 is 16.9 Å². The van der Waals surface area contributed by atoms with E-state index < -0.39 is 12.0 Å². The third-order valence-electron chi connectivity index (χ3n) is 4.46. The van der Waals surface area contributed by atoms with E-state index in [1.54, 1.807) is 7.11 Å². The van der Waals surface area contributed by atoms with E-state index in [-0.39, 0.29) is 0 Å². The zero-order valence-corrected chi connectivity index (χ0v) is 12.8. The highest BCUT2D eigenvalue weighted by molar-refractivity contribution is 5.90. The number of carboxylic acid groups (broad SMARTS) is 1. The number of H-pyrrole nitrogens is 1. The van der Waals surface area contributed by atoms with Gasteiger partial charge in [-0.1, -0.05) is 12.8 Å². The zero-order valence-electron chi connectivity index (χ0n) is 12.8. The molecule has 1 atom stereocenters. The first kappa shape index (κ1) is 14.9. The fourth-order valence-electron chi connectivity index (χ4n) is 3.31. The lowest BCUT2D eigenvalue weighted by Gasteiger charge is -2.27. The van der Waals surface area contributed by atoms with E-state index in [2.05, 4.69) is 9.88 Å². The second kappa shape index (κ2) is 6.40. The van der Waals surface area contributed by atoms with E-state index in [1.165, 1.54) is 12.8 Å². The van der Waals surface area contributed by atoms with Gasteiger partial charge in [0.2, 0.25) is 0 Å². The number of nitrogens with zero attached hydrogens (tertiary/aromatic N) is 1. The first-order valence-electron chi connectivity index (χ1n) is 7.82. The van der Waals surface area contributed by atoms with Gasteiger partial charge in [-0.3, -0.25) is 9.69 Å². The van der Waals surface area contributed by atoms with Crippen molar-refractivity contribution in [3.8, 4) is 5.75 Å². The second-order valence-electron chi connectivity index (χ2n) is 5.85. The maximum atomic E-state index is 11.9. The number of rotatable bonds is 4. The summed E-state index contributed by atoms with van der Waals surface area (Å²) >= 11 is 0. The largest absolute Gasteiger partial charge is 0.497 e. The third-order valence-corrected chi connectivity index (χ3v) is 4.46. The molecule has 0 bridgehead atoms. The van der Waals surface area contributed by atoms with Crippen LogP contribution in [0.2, 0.25) is 0 Å². The number of aliphatic carboxylic acids is 1. The zero-order chi connectivity index (χ0) is 15.5. The minimum atomic E-state index is -0.786. The fourth-order valence-corrected chi connectivity index (χ4v) is 3.31. The number of fused-ring (bicyclic) bond motifs is 1. The van der Waals surface area contributed by atoms with E-state index in [0.717, 1.165) is 48.1 Å². The summed E-state index contributed by atoms with van der Waals surface area (Å²) in [5, 5.41) is 10.7. The minimum Gasteiger partial charge on any atom is -0.497 e. The third kappa shape index (κ3) is 2.81. The van der Waals surface area contributed by atoms with Gasteiger partial charge in [0.15, 0.2) is 0 Å². The Hall–Kier alpha value is -2.01. The molecule has 22 heavy (non-hydrogen) atoms. The molecule has 1 saturated heterocycles. The van der Waals surface area contributed by atoms with Crippen LogP contribution < -0.4 is 4.74 Å². The molecule has 2 heterocycles. The Balaban J connectivity index is 2.02. The molecule has 5 heteroatoms. The van der Waals surface area contributed by atoms with Crippen molar-refractivity contribution in [3.05, 3.63) is 30.0 Å². The Kier molecular flexibility index (Phi) is 4.34. The molecule has 2 aromatic rings. The Labute approximate surface area is 129 Å². The smallest absolute Gasteiger partial charge is 0.325 e. The monoisotopic (exact) mass is 302 g/mol. The number of hydrogen-bond donors (Lipinski definition) is 2. The lowest BCUT2D eigenvalue weighted by molar-refractivity contribution is -0.143. The quantitative estimate of drug-likeness (QED) is 0.910. The van der Waals surface area contributed by atoms with Crippen molar-refractivity contribution in [3.63, 3.8) is 0 Å². The number of methoxy groups -OCH3 is 1. The molecule has 0 saturated carbocycles. The maximum Gasteiger partial charge on any atom is 0.325 e. The number of aromatic amines is 1. The first-order chi connectivity index (χ1) is 10.7. The molecule has 3 rings (SSSR count). The van der Waals surface area contributed by atoms with Gasteiger partial charge in [0.25, 0.3) is 0 Å². The highest BCUT2D eigenvalue weighted by atomic mass is 16.5. The number of hydrogen-bond acceptors (Lipinski definition) is 3. The molecule has 0 aliphatic carbocycles. The Morgan fingerprint density at radius 3 is 2.64 bits per heavy atom. The van der Waals surface area contributed by atoms with Crippen molar-refractivity contribution in [1.29, 1.82) is 0 Å². The van der Waals surface area contributed by atoms with Gasteiger partial charge in [0, 0.05) is 22.7 Å². The van der Waals surface area contributed by atoms with Crippen LogP contribution in [-0.2, 0) is 4.79 Å². The van der Waals surface area contributed by atoms with Crippen molar-refractivity contribution < 1.29 is 14.6 Å². The number of aromatic nitrogens is 1. The summed E-state index contributed by atoms with van der Waals surface area (Å²) in [6, 6.07) is 5.12. The lowest BCUT2D eigenvalue weighted by atomic mass is 10.0. The van der Waals surface area contributed by atoms with Crippen LogP contribution in [0.4, 0.5) is 0 Å². The van der Waals surface area contributed by atoms with E-state index in [1.807, 2.05) is 24.4 Å². The first-order valence-corrected chi connectivity index (χ1v) is 7.82. The van der Waals surface area contributed by atoms with Gasteiger partial charge in [-0.05, 0) is 44.1 Å². The molecule has 1 aliphatic heterocycles. The molecule has 1 aromatic carbocycles. The standard InChI is InChI=1S/C17H22N2O3/c1-22-12-6-7-15-13(10-12)14(11-18-15)16(17(20)21)19-8-4-2-3-5-9-19/h6-7,10-11,16,18H,2-5,8-9H2,1H3,(H,20,21)/t16-/m1/s1. The van der Waals surface area contributed by atoms with Crippen molar-refractivity contribution in [2.45, 2.75) is 31.7 Å². The van der Waals surface area contributed by atoms with Crippen LogP contribution in [0.5, 0.6) is 5.75 Å². The van der Waals surface area contributed by atoms with Crippen LogP contribution in [-0.4, -0.2) is 41.2 Å². The van der Waals surface area contributed by atoms with Crippen molar-refractivity contribution in [1.82, 2.24) is 9.88 Å². The summed E-state index contributed by atoms with van der Waals surface area (Å²) in [5.41, 5.74) is 1.76. The summed E-state index contributed by atoms with van der Waals surface area (Å²) in [5.74, 6) is -0.0426. The predicted molar refractivity (Wildman–Crippen MR) is 85.3 cm³/mol. The second-order valence-corrected chi connectivity index (χ2v) is 5.85. The summed E-state index contributed by atoms with van der Waals surface area (Å²) in [7, 11) is 1.62. The highest BCUT2D eigenvalue weighted by Crippen LogP contribution is 2.32. The summed E-state index contributed by atoms with van der Waals surface area (Å²) in [6.07, 6.45) is 6.33. The van der Waals surface area contributed by atoms with Crippen LogP contribution in [0.1, 0.15) is 37.3 Å². The Bertz CT molecular complexity index is 657. The number of likely N-dealkylation sites (tertiary alicyclic amines) is 1. The number of carbonyl (C=O) groups is 1. The normalized spacial score (nSPS) is 18.0. The van der Waals surface area contributed by atoms with Crippen LogP contribution >= 0.6 is 0 Å². The van der Waals surface area contributed by atoms with Crippen LogP contribution in [0.15, 0.2) is 24.4 Å². The summed E-state index contributed by atoms with van der Waals surface area (Å²) in [4.78, 5) is 17.2. The van der Waals surface area contributed by atoms with E-state index in [0.29, 0.717) is 0 Å². The molecule has 0 spiro atoms. The lowest BCUT2D eigenvalue weighted by Crippen LogP contribution is -2.34. The number of carboxylic acids is 1. The Morgan fingerprint density at radius 1 is 1.27 bits per heavy atom. The molecule has 1 fully saturated rings. The number of ether oxygens (including phenoxy) is 1. The highest BCUT2D eigenvalue weighted by Gasteiger charge is 2.30. The van der Waals surface area contributed by atoms with Crippen molar-refractivity contribution in [2.75, 3.05) is 20.2 Å². The molecular formula is C17H22N2O3. The molecule has 0 amide bonds. The van der Waals surface area contributed by atoms with E-state index >= 15 is 0 Å². The average molecular weight is 302 g/mol. The van der Waals surface area contributed by atoms with Gasteiger partial charge in [0.05, 0.1) is 7.11 Å². The fraction of sp³-hybridized carbons (Fsp3) is 0.471. The Morgan fingerprint density at radius 2 is 2.00 bits per heavy atom. The SMILES string of the molecule is COc1ccc2[nH]cc([C@H](C(=O)O)N3CCCCCC3)c2c1. The van der Waals surface area contributed by atoms with Crippen LogP contribution in [0.3, 0.4) is 0 Å². The van der Waals surface area contributed by atoms with Gasteiger partial charge in [-0.2, -0.15) is 0 Å². The molecule has 1 aliphatic rings. The number of benzene rings is 1. The maximum absolute atomic E-state index is 11.9. The predicted octanol–water partition coefficient (Wildman–Crippen LogP) is 3.18. The molecule has 0 radical (unpaired) electrons. The van der Waals surface area contributed by atoms with Crippen LogP contribution in [0, 0.1) is 0 Å². The van der Waals surface area contributed by atoms with E-state index in [4.69, 9.17) is 4.74 Å². The van der Waals surface area contributed by atoms with Gasteiger partial charge in [-0.25, -0.2) is 0 Å².